The molecule has 0 saturated carbocycles. The normalized spacial score (nSPS) is 15.6. The Kier molecular flexibility index (Phi) is 1.16. The van der Waals surface area contributed by atoms with Gasteiger partial charge in [-0.05, 0) is 0 Å². The minimum absolute atomic E-state index is 1.04. The van der Waals surface area contributed by atoms with Gasteiger partial charge >= 0.3 is 0 Å². The maximum Gasteiger partial charge on any atom is 0.116 e. The number of rotatable bonds is 0. The molecule has 1 aliphatic rings. The Balaban J connectivity index is 2.54. The van der Waals surface area contributed by atoms with Crippen LogP contribution in [0.2, 0.25) is 0 Å². The largest absolute Gasteiger partial charge is 0.240 e. The Morgan fingerprint density at radius 3 is 3.44 bits per heavy atom. The van der Waals surface area contributed by atoms with Crippen LogP contribution in [0.3, 0.4) is 0 Å². The molecule has 0 spiro atoms. The standard InChI is InChI=1S/C6H5N2S/c1-5-2-9-3-6(5)8-4-7-1/h4H,2-3H2. The zero-order chi connectivity index (χ0) is 6.10. The van der Waals surface area contributed by atoms with Gasteiger partial charge in [-0.25, -0.2) is 9.97 Å². The van der Waals surface area contributed by atoms with Crippen molar-refractivity contribution in [3.8, 4) is 0 Å². The molecule has 1 aliphatic heterocycles. The summed E-state index contributed by atoms with van der Waals surface area (Å²) >= 11 is 1.87. The molecule has 1 aromatic rings. The first-order valence-electron chi connectivity index (χ1n) is 2.75. The molecule has 2 nitrogen and oxygen atoms in total. The maximum atomic E-state index is 4.10. The number of fused-ring (bicyclic) bond motifs is 1. The van der Waals surface area contributed by atoms with Crippen LogP contribution in [0.15, 0.2) is 6.33 Å². The van der Waals surface area contributed by atoms with E-state index < -0.39 is 0 Å². The van der Waals surface area contributed by atoms with E-state index in [1.54, 1.807) is 6.33 Å². The Morgan fingerprint density at radius 2 is 2.56 bits per heavy atom. The van der Waals surface area contributed by atoms with Crippen molar-refractivity contribution in [2.45, 2.75) is 11.5 Å². The van der Waals surface area contributed by atoms with Crippen LogP contribution in [0.1, 0.15) is 11.3 Å². The van der Waals surface area contributed by atoms with Gasteiger partial charge < -0.3 is 0 Å². The molecule has 45 valence electrons. The number of nitrogens with zero attached hydrogens (tertiary/aromatic N) is 2. The molecular weight excluding hydrogens is 132 g/mol. The quantitative estimate of drug-likeness (QED) is 0.534. The lowest BCUT2D eigenvalue weighted by atomic mass is 10.3. The molecule has 0 aliphatic carbocycles. The topological polar surface area (TPSA) is 25.8 Å². The van der Waals surface area contributed by atoms with Crippen molar-refractivity contribution < 1.29 is 0 Å². The molecule has 0 fully saturated rings. The number of aromatic nitrogens is 2. The molecule has 0 N–H and O–H groups in total. The summed E-state index contributed by atoms with van der Waals surface area (Å²) in [5, 5.41) is 0. The second-order valence-corrected chi connectivity index (χ2v) is 2.89. The van der Waals surface area contributed by atoms with E-state index in [9.17, 15) is 0 Å². The summed E-state index contributed by atoms with van der Waals surface area (Å²) in [5.41, 5.74) is 2.34. The summed E-state index contributed by atoms with van der Waals surface area (Å²) in [7, 11) is 0. The summed E-state index contributed by atoms with van der Waals surface area (Å²) in [5.74, 6) is 2.07. The third-order valence-corrected chi connectivity index (χ3v) is 2.27. The first kappa shape index (κ1) is 5.23. The van der Waals surface area contributed by atoms with Crippen molar-refractivity contribution in [2.75, 3.05) is 0 Å². The Labute approximate surface area is 57.7 Å². The zero-order valence-corrected chi connectivity index (χ0v) is 5.61. The molecule has 0 unspecified atom stereocenters. The van der Waals surface area contributed by atoms with Crippen LogP contribution in [0.5, 0.6) is 0 Å². The fourth-order valence-corrected chi connectivity index (χ4v) is 1.82. The zero-order valence-electron chi connectivity index (χ0n) is 4.79. The molecule has 0 atom stereocenters. The maximum absolute atomic E-state index is 4.10. The lowest BCUT2D eigenvalue weighted by molar-refractivity contribution is 1.06. The monoisotopic (exact) mass is 137 g/mol. The molecule has 2 rings (SSSR count). The Morgan fingerprint density at radius 1 is 1.56 bits per heavy atom. The predicted octanol–water partition coefficient (Wildman–Crippen LogP) is 1.02. The van der Waals surface area contributed by atoms with E-state index in [-0.39, 0.29) is 0 Å². The second-order valence-electron chi connectivity index (χ2n) is 1.90. The van der Waals surface area contributed by atoms with Crippen LogP contribution in [0, 0.1) is 6.20 Å². The summed E-state index contributed by atoms with van der Waals surface area (Å²) in [6.07, 6.45) is 4.48. The SMILES string of the molecule is [c]1ncnc2c1CSC2. The highest BCUT2D eigenvalue weighted by Gasteiger charge is 2.10. The van der Waals surface area contributed by atoms with Crippen LogP contribution < -0.4 is 0 Å². The van der Waals surface area contributed by atoms with E-state index in [1.165, 1.54) is 5.56 Å². The fourth-order valence-electron chi connectivity index (χ4n) is 0.838. The highest BCUT2D eigenvalue weighted by atomic mass is 32.2. The lowest BCUT2D eigenvalue weighted by Crippen LogP contribution is -1.87. The first-order chi connectivity index (χ1) is 4.47. The molecule has 0 aromatic carbocycles. The van der Waals surface area contributed by atoms with Gasteiger partial charge in [-0.2, -0.15) is 11.8 Å². The molecule has 0 amide bonds. The van der Waals surface area contributed by atoms with Crippen LogP contribution in [0.25, 0.3) is 0 Å². The van der Waals surface area contributed by atoms with Crippen molar-refractivity contribution >= 4 is 11.8 Å². The predicted molar refractivity (Wildman–Crippen MR) is 35.9 cm³/mol. The van der Waals surface area contributed by atoms with Crippen molar-refractivity contribution in [3.05, 3.63) is 23.8 Å². The van der Waals surface area contributed by atoms with Crippen LogP contribution in [-0.4, -0.2) is 9.97 Å². The third kappa shape index (κ3) is 0.812. The van der Waals surface area contributed by atoms with Crippen LogP contribution >= 0.6 is 11.8 Å². The Hall–Kier alpha value is -0.570. The van der Waals surface area contributed by atoms with E-state index in [0.717, 1.165) is 17.2 Å². The average Bonchev–Trinajstić information content (AvgIpc) is 2.33. The van der Waals surface area contributed by atoms with E-state index in [2.05, 4.69) is 16.2 Å². The highest BCUT2D eigenvalue weighted by molar-refractivity contribution is 7.98. The van der Waals surface area contributed by atoms with Gasteiger partial charge in [0.25, 0.3) is 0 Å². The van der Waals surface area contributed by atoms with Crippen molar-refractivity contribution in [1.29, 1.82) is 0 Å². The van der Waals surface area contributed by atoms with Gasteiger partial charge in [-0.3, -0.25) is 0 Å². The summed E-state index contributed by atoms with van der Waals surface area (Å²) < 4.78 is 0. The van der Waals surface area contributed by atoms with E-state index in [1.807, 2.05) is 11.8 Å². The van der Waals surface area contributed by atoms with Gasteiger partial charge in [0.15, 0.2) is 0 Å². The molecular formula is C6H5N2S. The Bertz CT molecular complexity index is 201. The molecule has 1 radical (unpaired) electrons. The van der Waals surface area contributed by atoms with Crippen LogP contribution in [-0.2, 0) is 11.5 Å². The summed E-state index contributed by atoms with van der Waals surface area (Å²) in [6.45, 7) is 0. The van der Waals surface area contributed by atoms with Crippen molar-refractivity contribution in [1.82, 2.24) is 9.97 Å². The number of thioether (sulfide) groups is 1. The smallest absolute Gasteiger partial charge is 0.116 e. The minimum Gasteiger partial charge on any atom is -0.240 e. The second kappa shape index (κ2) is 1.99. The molecule has 9 heavy (non-hydrogen) atoms. The number of hydrogen-bond donors (Lipinski definition) is 0. The fraction of sp³-hybridized carbons (Fsp3) is 0.333. The molecule has 2 heterocycles. The number of hydrogen-bond acceptors (Lipinski definition) is 3. The van der Waals surface area contributed by atoms with Gasteiger partial charge in [0, 0.05) is 17.1 Å². The molecule has 1 aromatic heterocycles. The van der Waals surface area contributed by atoms with Gasteiger partial charge in [-0.15, -0.1) is 0 Å². The van der Waals surface area contributed by atoms with Crippen molar-refractivity contribution in [3.63, 3.8) is 0 Å². The first-order valence-corrected chi connectivity index (χ1v) is 3.90. The van der Waals surface area contributed by atoms with Gasteiger partial charge in [-0.1, -0.05) is 0 Å². The average molecular weight is 137 g/mol. The van der Waals surface area contributed by atoms with E-state index >= 15 is 0 Å². The van der Waals surface area contributed by atoms with Crippen molar-refractivity contribution in [2.24, 2.45) is 0 Å². The molecule has 0 saturated heterocycles. The highest BCUT2D eigenvalue weighted by Crippen LogP contribution is 2.25. The minimum atomic E-state index is 1.04. The third-order valence-electron chi connectivity index (χ3n) is 1.30. The van der Waals surface area contributed by atoms with Gasteiger partial charge in [0.1, 0.15) is 6.33 Å². The van der Waals surface area contributed by atoms with E-state index in [0.29, 0.717) is 0 Å². The van der Waals surface area contributed by atoms with E-state index in [4.69, 9.17) is 0 Å². The van der Waals surface area contributed by atoms with Gasteiger partial charge in [0.2, 0.25) is 0 Å². The molecule has 0 bridgehead atoms. The summed E-state index contributed by atoms with van der Waals surface area (Å²) in [4.78, 5) is 7.90. The molecule has 3 heteroatoms. The van der Waals surface area contributed by atoms with Gasteiger partial charge in [0.05, 0.1) is 11.9 Å². The van der Waals surface area contributed by atoms with Crippen LogP contribution in [0.4, 0.5) is 0 Å². The summed E-state index contributed by atoms with van der Waals surface area (Å²) in [6, 6.07) is 0. The lowest BCUT2D eigenvalue weighted by Gasteiger charge is -1.89.